The number of imide groups is 1. The van der Waals surface area contributed by atoms with Gasteiger partial charge in [0.2, 0.25) is 11.8 Å². The van der Waals surface area contributed by atoms with E-state index in [-0.39, 0.29) is 36.1 Å². The lowest BCUT2D eigenvalue weighted by Gasteiger charge is -2.34. The highest BCUT2D eigenvalue weighted by molar-refractivity contribution is 6.03. The van der Waals surface area contributed by atoms with Crippen LogP contribution in [0.15, 0.2) is 54.6 Å². The molecule has 2 fully saturated rings. The number of nitrogens with one attached hydrogen (secondary N) is 2. The second kappa shape index (κ2) is 8.99. The average Bonchev–Trinajstić information content (AvgIpc) is 3.11. The standard InChI is InChI=1S/C23H24N4O4/c28-20-15-18(21(29)25-20)14-16-6-8-19(9-7-16)24-23(31)27-12-10-26(11-13-27)22(30)17-4-2-1-3-5-17/h1-9,18H,10-15H2,(H,24,31)(H,25,28,29)/t18-/m1/s1. The first kappa shape index (κ1) is 20.6. The number of rotatable bonds is 4. The Morgan fingerprint density at radius 2 is 1.55 bits per heavy atom. The highest BCUT2D eigenvalue weighted by Gasteiger charge is 2.30. The van der Waals surface area contributed by atoms with Gasteiger partial charge in [-0.2, -0.15) is 0 Å². The van der Waals surface area contributed by atoms with Gasteiger partial charge in [0.1, 0.15) is 0 Å². The molecule has 0 radical (unpaired) electrons. The normalized spacial score (nSPS) is 18.6. The molecule has 0 bridgehead atoms. The third-order valence-corrected chi connectivity index (χ3v) is 5.63. The number of anilines is 1. The third-order valence-electron chi connectivity index (χ3n) is 5.63. The highest BCUT2D eigenvalue weighted by atomic mass is 16.2. The first-order valence-electron chi connectivity index (χ1n) is 10.3. The lowest BCUT2D eigenvalue weighted by Crippen LogP contribution is -2.51. The van der Waals surface area contributed by atoms with Crippen molar-refractivity contribution in [3.05, 3.63) is 65.7 Å². The summed E-state index contributed by atoms with van der Waals surface area (Å²) in [7, 11) is 0. The fourth-order valence-electron chi connectivity index (χ4n) is 3.86. The molecule has 2 heterocycles. The lowest BCUT2D eigenvalue weighted by atomic mass is 9.98. The van der Waals surface area contributed by atoms with Gasteiger partial charge >= 0.3 is 6.03 Å². The Morgan fingerprint density at radius 1 is 0.903 bits per heavy atom. The van der Waals surface area contributed by atoms with Gasteiger partial charge in [0.05, 0.1) is 5.92 Å². The monoisotopic (exact) mass is 420 g/mol. The molecule has 4 rings (SSSR count). The predicted molar refractivity (Wildman–Crippen MR) is 114 cm³/mol. The van der Waals surface area contributed by atoms with Gasteiger partial charge in [-0.1, -0.05) is 30.3 Å². The third kappa shape index (κ3) is 4.91. The molecule has 2 N–H and O–H groups in total. The zero-order valence-electron chi connectivity index (χ0n) is 17.0. The summed E-state index contributed by atoms with van der Waals surface area (Å²) >= 11 is 0. The molecule has 160 valence electrons. The van der Waals surface area contributed by atoms with Gasteiger partial charge in [-0.05, 0) is 36.2 Å². The van der Waals surface area contributed by atoms with Crippen molar-refractivity contribution in [2.75, 3.05) is 31.5 Å². The van der Waals surface area contributed by atoms with Crippen molar-refractivity contribution in [1.29, 1.82) is 0 Å². The summed E-state index contributed by atoms with van der Waals surface area (Å²) < 4.78 is 0. The molecule has 5 amide bonds. The molecule has 0 unspecified atom stereocenters. The highest BCUT2D eigenvalue weighted by Crippen LogP contribution is 2.19. The van der Waals surface area contributed by atoms with Crippen molar-refractivity contribution in [3.8, 4) is 0 Å². The maximum absolute atomic E-state index is 12.6. The Labute approximate surface area is 180 Å². The molecular weight excluding hydrogens is 396 g/mol. The predicted octanol–water partition coefficient (Wildman–Crippen LogP) is 1.88. The quantitative estimate of drug-likeness (QED) is 0.738. The number of amides is 5. The molecule has 2 saturated heterocycles. The molecule has 0 aromatic heterocycles. The van der Waals surface area contributed by atoms with Crippen LogP contribution in [-0.2, 0) is 16.0 Å². The smallest absolute Gasteiger partial charge is 0.321 e. The van der Waals surface area contributed by atoms with E-state index in [9.17, 15) is 19.2 Å². The van der Waals surface area contributed by atoms with Crippen LogP contribution >= 0.6 is 0 Å². The van der Waals surface area contributed by atoms with E-state index in [4.69, 9.17) is 0 Å². The van der Waals surface area contributed by atoms with Gasteiger partial charge in [0, 0.05) is 43.9 Å². The Morgan fingerprint density at radius 3 is 2.16 bits per heavy atom. The van der Waals surface area contributed by atoms with Crippen molar-refractivity contribution >= 4 is 29.4 Å². The van der Waals surface area contributed by atoms with E-state index in [2.05, 4.69) is 10.6 Å². The van der Waals surface area contributed by atoms with Crippen molar-refractivity contribution in [2.45, 2.75) is 12.8 Å². The number of benzene rings is 2. The summed E-state index contributed by atoms with van der Waals surface area (Å²) in [5, 5.41) is 5.19. The van der Waals surface area contributed by atoms with Crippen LogP contribution in [0.4, 0.5) is 10.5 Å². The van der Waals surface area contributed by atoms with Gasteiger partial charge in [-0.25, -0.2) is 4.79 Å². The molecule has 31 heavy (non-hydrogen) atoms. The Hall–Kier alpha value is -3.68. The van der Waals surface area contributed by atoms with Crippen LogP contribution in [0.25, 0.3) is 0 Å². The van der Waals surface area contributed by atoms with Crippen LogP contribution in [0.1, 0.15) is 22.3 Å². The summed E-state index contributed by atoms with van der Waals surface area (Å²) in [5.41, 5.74) is 2.24. The first-order chi connectivity index (χ1) is 15.0. The van der Waals surface area contributed by atoms with Gasteiger partial charge in [0.25, 0.3) is 5.91 Å². The zero-order chi connectivity index (χ0) is 21.8. The number of carbonyl (C=O) groups excluding carboxylic acids is 4. The second-order valence-corrected chi connectivity index (χ2v) is 7.79. The van der Waals surface area contributed by atoms with Crippen LogP contribution in [-0.4, -0.2) is 59.7 Å². The molecule has 0 saturated carbocycles. The molecule has 2 aromatic rings. The van der Waals surface area contributed by atoms with Crippen LogP contribution < -0.4 is 10.6 Å². The summed E-state index contributed by atoms with van der Waals surface area (Å²) in [6, 6.07) is 16.2. The number of hydrogen-bond acceptors (Lipinski definition) is 4. The van der Waals surface area contributed by atoms with Gasteiger partial charge < -0.3 is 15.1 Å². The molecular formula is C23H24N4O4. The van der Waals surface area contributed by atoms with Crippen molar-refractivity contribution in [2.24, 2.45) is 5.92 Å². The molecule has 0 spiro atoms. The minimum Gasteiger partial charge on any atom is -0.335 e. The number of piperazine rings is 1. The van der Waals surface area contributed by atoms with Gasteiger partial charge in [-0.15, -0.1) is 0 Å². The molecule has 2 aliphatic heterocycles. The first-order valence-corrected chi connectivity index (χ1v) is 10.3. The summed E-state index contributed by atoms with van der Waals surface area (Å²) in [4.78, 5) is 51.6. The number of urea groups is 1. The van der Waals surface area contributed by atoms with Crippen LogP contribution in [0.3, 0.4) is 0 Å². The molecule has 1 atom stereocenters. The fourth-order valence-corrected chi connectivity index (χ4v) is 3.86. The molecule has 8 heteroatoms. The Balaban J connectivity index is 1.27. The minimum atomic E-state index is -0.331. The van der Waals surface area contributed by atoms with Crippen LogP contribution in [0, 0.1) is 5.92 Å². The second-order valence-electron chi connectivity index (χ2n) is 7.79. The van der Waals surface area contributed by atoms with Gasteiger partial charge in [-0.3, -0.25) is 19.7 Å². The maximum atomic E-state index is 12.6. The van der Waals surface area contributed by atoms with E-state index in [1.54, 1.807) is 34.1 Å². The average molecular weight is 420 g/mol. The number of hydrogen-bond donors (Lipinski definition) is 2. The molecule has 2 aliphatic rings. The van der Waals surface area contributed by atoms with Crippen molar-refractivity contribution in [3.63, 3.8) is 0 Å². The largest absolute Gasteiger partial charge is 0.335 e. The zero-order valence-corrected chi connectivity index (χ0v) is 17.0. The molecule has 0 aliphatic carbocycles. The summed E-state index contributed by atoms with van der Waals surface area (Å²) in [6.07, 6.45) is 0.708. The van der Waals surface area contributed by atoms with E-state index in [0.29, 0.717) is 43.9 Å². The SMILES string of the molecule is O=C1C[C@@H](Cc2ccc(NC(=O)N3CCN(C(=O)c4ccccc4)CC3)cc2)C(=O)N1. The number of nitrogens with zero attached hydrogens (tertiary/aromatic N) is 2. The summed E-state index contributed by atoms with van der Waals surface area (Å²) in [5.74, 6) is -0.812. The fraction of sp³-hybridized carbons (Fsp3) is 0.304. The van der Waals surface area contributed by atoms with Crippen molar-refractivity contribution in [1.82, 2.24) is 15.1 Å². The van der Waals surface area contributed by atoms with Crippen LogP contribution in [0.2, 0.25) is 0 Å². The van der Waals surface area contributed by atoms with E-state index < -0.39 is 0 Å². The summed E-state index contributed by atoms with van der Waals surface area (Å²) in [6.45, 7) is 1.91. The topological polar surface area (TPSA) is 98.8 Å². The Kier molecular flexibility index (Phi) is 5.97. The maximum Gasteiger partial charge on any atom is 0.321 e. The van der Waals surface area contributed by atoms with E-state index in [1.807, 2.05) is 30.3 Å². The van der Waals surface area contributed by atoms with Crippen molar-refractivity contribution < 1.29 is 19.2 Å². The van der Waals surface area contributed by atoms with E-state index in [1.165, 1.54) is 0 Å². The number of carbonyl (C=O) groups is 4. The van der Waals surface area contributed by atoms with E-state index >= 15 is 0 Å². The molecule has 2 aromatic carbocycles. The minimum absolute atomic E-state index is 0.0195. The lowest BCUT2D eigenvalue weighted by molar-refractivity contribution is -0.125. The van der Waals surface area contributed by atoms with E-state index in [0.717, 1.165) is 5.56 Å². The van der Waals surface area contributed by atoms with Crippen LogP contribution in [0.5, 0.6) is 0 Å². The van der Waals surface area contributed by atoms with Gasteiger partial charge in [0.15, 0.2) is 0 Å². The molecule has 8 nitrogen and oxygen atoms in total. The Bertz CT molecular complexity index is 982.